The first kappa shape index (κ1) is 22.7. The van der Waals surface area contributed by atoms with Gasteiger partial charge in [-0.2, -0.15) is 0 Å². The molecule has 2 saturated heterocycles. The quantitative estimate of drug-likeness (QED) is 0.366. The summed E-state index contributed by atoms with van der Waals surface area (Å²) in [5, 5.41) is 2.07. The Labute approximate surface area is 219 Å². The first-order valence-corrected chi connectivity index (χ1v) is 14.6. The van der Waals surface area contributed by atoms with E-state index in [4.69, 9.17) is 11.6 Å². The third-order valence-corrected chi connectivity index (χ3v) is 10.7. The van der Waals surface area contributed by atoms with Crippen LogP contribution in [0.25, 0.3) is 37.1 Å². The number of aromatic nitrogens is 3. The van der Waals surface area contributed by atoms with Crippen LogP contribution in [0.3, 0.4) is 0 Å². The highest BCUT2D eigenvalue weighted by Gasteiger charge is 2.55. The molecule has 1 spiro atoms. The lowest BCUT2D eigenvalue weighted by molar-refractivity contribution is 0.254. The Balaban J connectivity index is 1.33. The average molecular weight is 551 g/mol. The second kappa shape index (κ2) is 7.77. The molecule has 0 aliphatic carbocycles. The van der Waals surface area contributed by atoms with Gasteiger partial charge >= 0.3 is 5.69 Å². The summed E-state index contributed by atoms with van der Waals surface area (Å²) in [6.07, 6.45) is 3.21. The normalized spacial score (nSPS) is 17.7. The van der Waals surface area contributed by atoms with Crippen molar-refractivity contribution in [2.45, 2.75) is 0 Å². The molecule has 186 valence electrons. The number of H-pyrrole nitrogens is 1. The summed E-state index contributed by atoms with van der Waals surface area (Å²) in [4.78, 5) is 36.8. The van der Waals surface area contributed by atoms with E-state index in [9.17, 15) is 18.0 Å². The van der Waals surface area contributed by atoms with Gasteiger partial charge in [0.05, 0.1) is 28.9 Å². The van der Waals surface area contributed by atoms with E-state index in [2.05, 4.69) is 14.9 Å². The SMILES string of the molecule is O=c1[nH]c2cc(-c3ccccc3Cl)sc2c(=O)n1-c1cncc2ccc(N3CC4(C3)CS(=O)(=O)C4)cc12. The zero-order valence-corrected chi connectivity index (χ0v) is 21.7. The van der Waals surface area contributed by atoms with Crippen molar-refractivity contribution in [3.05, 3.63) is 86.8 Å². The molecule has 0 saturated carbocycles. The van der Waals surface area contributed by atoms with E-state index in [0.717, 1.165) is 26.1 Å². The van der Waals surface area contributed by atoms with Crippen molar-refractivity contribution in [1.82, 2.24) is 14.5 Å². The summed E-state index contributed by atoms with van der Waals surface area (Å²) in [7, 11) is -2.90. The highest BCUT2D eigenvalue weighted by Crippen LogP contribution is 2.44. The van der Waals surface area contributed by atoms with Crippen molar-refractivity contribution in [3.63, 3.8) is 0 Å². The number of hydrogen-bond acceptors (Lipinski definition) is 7. The molecule has 3 aromatic heterocycles. The molecular weight excluding hydrogens is 532 g/mol. The number of sulfone groups is 1. The largest absolute Gasteiger partial charge is 0.370 e. The second-order valence-corrected chi connectivity index (χ2v) is 13.4. The van der Waals surface area contributed by atoms with Gasteiger partial charge in [-0.25, -0.2) is 17.8 Å². The second-order valence-electron chi connectivity index (χ2n) is 9.86. The lowest BCUT2D eigenvalue weighted by Gasteiger charge is -2.55. The van der Waals surface area contributed by atoms with Gasteiger partial charge in [0.1, 0.15) is 4.70 Å². The Morgan fingerprint density at radius 3 is 2.57 bits per heavy atom. The van der Waals surface area contributed by atoms with Gasteiger partial charge < -0.3 is 9.88 Å². The molecule has 2 aromatic carbocycles. The van der Waals surface area contributed by atoms with Crippen LogP contribution in [-0.2, 0) is 9.84 Å². The van der Waals surface area contributed by atoms with Crippen molar-refractivity contribution in [2.75, 3.05) is 29.5 Å². The van der Waals surface area contributed by atoms with Crippen LogP contribution in [0.2, 0.25) is 5.02 Å². The fourth-order valence-corrected chi connectivity index (χ4v) is 9.07. The molecule has 0 atom stereocenters. The van der Waals surface area contributed by atoms with Crippen LogP contribution in [0.4, 0.5) is 5.69 Å². The summed E-state index contributed by atoms with van der Waals surface area (Å²) < 4.78 is 24.9. The lowest BCUT2D eigenvalue weighted by atomic mass is 9.82. The summed E-state index contributed by atoms with van der Waals surface area (Å²) in [5.74, 6) is 0.474. The minimum atomic E-state index is -2.90. The molecule has 2 aliphatic rings. The van der Waals surface area contributed by atoms with Crippen LogP contribution in [0.15, 0.2) is 70.5 Å². The Kier molecular flexibility index (Phi) is 4.77. The van der Waals surface area contributed by atoms with Gasteiger partial charge in [0, 0.05) is 56.6 Å². The van der Waals surface area contributed by atoms with E-state index in [0.29, 0.717) is 39.4 Å². The van der Waals surface area contributed by atoms with Crippen molar-refractivity contribution in [1.29, 1.82) is 0 Å². The standard InChI is InChI=1S/C26H19ClN4O4S2/c27-19-4-2-1-3-17(19)22-8-20-23(36-22)24(32)31(25(33)29-20)21-10-28-9-15-5-6-16(7-18(15)21)30-11-26(12-30)13-37(34,35)14-26/h1-10H,11-14H2,(H,29,33). The van der Waals surface area contributed by atoms with E-state index in [-0.39, 0.29) is 16.9 Å². The van der Waals surface area contributed by atoms with Gasteiger partial charge in [0.2, 0.25) is 0 Å². The van der Waals surface area contributed by atoms with Crippen molar-refractivity contribution in [2.24, 2.45) is 5.41 Å². The molecule has 0 bridgehead atoms. The highest BCUT2D eigenvalue weighted by molar-refractivity contribution is 7.92. The smallest absolute Gasteiger partial charge is 0.333 e. The van der Waals surface area contributed by atoms with Gasteiger partial charge in [-0.05, 0) is 24.3 Å². The molecular formula is C26H19ClN4O4S2. The molecule has 11 heteroatoms. The Morgan fingerprint density at radius 1 is 1.03 bits per heavy atom. The van der Waals surface area contributed by atoms with Crippen LogP contribution < -0.4 is 16.1 Å². The highest BCUT2D eigenvalue weighted by atomic mass is 35.5. The number of rotatable bonds is 3. The topological polar surface area (TPSA) is 105 Å². The summed E-state index contributed by atoms with van der Waals surface area (Å²) >= 11 is 7.64. The maximum Gasteiger partial charge on any atom is 0.333 e. The predicted molar refractivity (Wildman–Crippen MR) is 147 cm³/mol. The summed E-state index contributed by atoms with van der Waals surface area (Å²) in [5.41, 5.74) is 1.43. The molecule has 8 nitrogen and oxygen atoms in total. The van der Waals surface area contributed by atoms with Gasteiger partial charge in [-0.1, -0.05) is 35.9 Å². The molecule has 0 unspecified atom stereocenters. The minimum absolute atomic E-state index is 0.146. The van der Waals surface area contributed by atoms with Crippen LogP contribution in [0.5, 0.6) is 0 Å². The number of benzene rings is 2. The Hall–Kier alpha value is -3.47. The van der Waals surface area contributed by atoms with Crippen molar-refractivity contribution < 1.29 is 8.42 Å². The van der Waals surface area contributed by atoms with E-state index in [1.165, 1.54) is 17.5 Å². The molecule has 0 amide bonds. The molecule has 37 heavy (non-hydrogen) atoms. The summed E-state index contributed by atoms with van der Waals surface area (Å²) in [6, 6.07) is 14.9. The molecule has 2 fully saturated rings. The van der Waals surface area contributed by atoms with Crippen LogP contribution in [0.1, 0.15) is 0 Å². The average Bonchev–Trinajstić information content (AvgIpc) is 3.25. The fourth-order valence-electron chi connectivity index (χ4n) is 5.55. The number of thiophene rings is 1. The molecule has 5 aromatic rings. The lowest BCUT2D eigenvalue weighted by Crippen LogP contribution is -2.68. The maximum atomic E-state index is 13.6. The first-order valence-electron chi connectivity index (χ1n) is 11.6. The minimum Gasteiger partial charge on any atom is -0.370 e. The van der Waals surface area contributed by atoms with Crippen molar-refractivity contribution in [3.8, 4) is 16.1 Å². The predicted octanol–water partition coefficient (Wildman–Crippen LogP) is 3.84. The number of fused-ring (bicyclic) bond motifs is 2. The van der Waals surface area contributed by atoms with Crippen LogP contribution in [-0.4, -0.2) is 47.5 Å². The van der Waals surface area contributed by atoms with Gasteiger partial charge in [0.25, 0.3) is 5.56 Å². The molecule has 1 N–H and O–H groups in total. The van der Waals surface area contributed by atoms with E-state index >= 15 is 0 Å². The Bertz CT molecular complexity index is 1970. The first-order chi connectivity index (χ1) is 17.7. The van der Waals surface area contributed by atoms with E-state index in [1.807, 2.05) is 36.4 Å². The molecule has 7 rings (SSSR count). The van der Waals surface area contributed by atoms with Crippen molar-refractivity contribution >= 4 is 59.5 Å². The monoisotopic (exact) mass is 550 g/mol. The molecule has 5 heterocycles. The van der Waals surface area contributed by atoms with Gasteiger partial charge in [-0.15, -0.1) is 11.3 Å². The third-order valence-electron chi connectivity index (χ3n) is 7.15. The third kappa shape index (κ3) is 3.54. The van der Waals surface area contributed by atoms with Crippen LogP contribution >= 0.6 is 22.9 Å². The maximum absolute atomic E-state index is 13.6. The van der Waals surface area contributed by atoms with E-state index in [1.54, 1.807) is 18.3 Å². The molecule has 2 aliphatic heterocycles. The van der Waals surface area contributed by atoms with Gasteiger partial charge in [-0.3, -0.25) is 9.78 Å². The zero-order chi connectivity index (χ0) is 25.5. The zero-order valence-electron chi connectivity index (χ0n) is 19.3. The molecule has 0 radical (unpaired) electrons. The number of pyridine rings is 1. The fraction of sp³-hybridized carbons (Fsp3) is 0.192. The van der Waals surface area contributed by atoms with Gasteiger partial charge in [0.15, 0.2) is 9.84 Å². The Morgan fingerprint density at radius 2 is 1.81 bits per heavy atom. The number of hydrogen-bond donors (Lipinski definition) is 1. The van der Waals surface area contributed by atoms with E-state index < -0.39 is 21.1 Å². The number of nitrogens with zero attached hydrogens (tertiary/aromatic N) is 3. The summed E-state index contributed by atoms with van der Waals surface area (Å²) in [6.45, 7) is 1.34. The number of aromatic amines is 1. The number of nitrogens with one attached hydrogen (secondary N) is 1. The van der Waals surface area contributed by atoms with Crippen LogP contribution in [0, 0.1) is 5.41 Å². The number of anilines is 1. The number of halogens is 1.